The Morgan fingerprint density at radius 3 is 2.87 bits per heavy atom. The minimum atomic E-state index is 0.242. The molecule has 3 heterocycles. The summed E-state index contributed by atoms with van der Waals surface area (Å²) in [5.41, 5.74) is 3.74. The lowest BCUT2D eigenvalue weighted by Crippen LogP contribution is -2.38. The van der Waals surface area contributed by atoms with E-state index in [4.69, 9.17) is 14.5 Å². The lowest BCUT2D eigenvalue weighted by atomic mass is 9.97. The standard InChI is InChI=1S/C25H33N3O3/c29-16-19-7-4-10-28(15-19)25-21(14-26-9-8-18-5-2-1-3-6-18)11-20-12-23-24(31-17-30-23)13-22(20)27-25/h5,11-13,19,26,29H,1-4,6-10,14-17H2/t19-/m0/s1. The average molecular weight is 424 g/mol. The largest absolute Gasteiger partial charge is 0.454 e. The molecule has 31 heavy (non-hydrogen) atoms. The Morgan fingerprint density at radius 1 is 1.13 bits per heavy atom. The first-order chi connectivity index (χ1) is 15.3. The highest BCUT2D eigenvalue weighted by Gasteiger charge is 2.24. The van der Waals surface area contributed by atoms with Gasteiger partial charge in [-0.3, -0.25) is 0 Å². The topological polar surface area (TPSA) is 66.9 Å². The summed E-state index contributed by atoms with van der Waals surface area (Å²) in [6, 6.07) is 6.27. The predicted molar refractivity (Wildman–Crippen MR) is 123 cm³/mol. The van der Waals surface area contributed by atoms with Crippen molar-refractivity contribution in [2.75, 3.05) is 37.9 Å². The van der Waals surface area contributed by atoms with Crippen LogP contribution in [-0.4, -0.2) is 43.1 Å². The van der Waals surface area contributed by atoms with Crippen molar-refractivity contribution in [2.45, 2.75) is 51.5 Å². The van der Waals surface area contributed by atoms with E-state index in [-0.39, 0.29) is 13.4 Å². The molecule has 1 fully saturated rings. The van der Waals surface area contributed by atoms with E-state index in [1.54, 1.807) is 5.57 Å². The van der Waals surface area contributed by atoms with Crippen molar-refractivity contribution in [1.29, 1.82) is 0 Å². The number of aromatic nitrogens is 1. The number of allylic oxidation sites excluding steroid dienone is 1. The van der Waals surface area contributed by atoms with Crippen molar-refractivity contribution in [2.24, 2.45) is 5.92 Å². The number of fused-ring (bicyclic) bond motifs is 2. The normalized spacial score (nSPS) is 20.9. The van der Waals surface area contributed by atoms with Crippen LogP contribution in [0.15, 0.2) is 29.8 Å². The molecule has 0 radical (unpaired) electrons. The van der Waals surface area contributed by atoms with Crippen LogP contribution in [0.3, 0.4) is 0 Å². The third-order valence-electron chi connectivity index (χ3n) is 6.77. The van der Waals surface area contributed by atoms with Crippen LogP contribution < -0.4 is 19.7 Å². The van der Waals surface area contributed by atoms with Crippen molar-refractivity contribution >= 4 is 16.7 Å². The molecule has 0 amide bonds. The quantitative estimate of drug-likeness (QED) is 0.515. The second kappa shape index (κ2) is 9.45. The van der Waals surface area contributed by atoms with Crippen molar-refractivity contribution in [3.05, 3.63) is 35.4 Å². The molecule has 1 atom stereocenters. The number of aliphatic hydroxyl groups excluding tert-OH is 1. The molecule has 0 spiro atoms. The molecular weight excluding hydrogens is 390 g/mol. The number of rotatable bonds is 7. The maximum Gasteiger partial charge on any atom is 0.231 e. The fourth-order valence-corrected chi connectivity index (χ4v) is 5.01. The maximum atomic E-state index is 9.70. The van der Waals surface area contributed by atoms with Gasteiger partial charge in [0.2, 0.25) is 6.79 Å². The summed E-state index contributed by atoms with van der Waals surface area (Å²) in [6.45, 7) is 4.14. The molecular formula is C25H33N3O3. The van der Waals surface area contributed by atoms with E-state index in [1.807, 2.05) is 12.1 Å². The van der Waals surface area contributed by atoms with Crippen molar-refractivity contribution in [3.63, 3.8) is 0 Å². The van der Waals surface area contributed by atoms with Crippen LogP contribution in [0, 0.1) is 5.92 Å². The lowest BCUT2D eigenvalue weighted by molar-refractivity contribution is 0.174. The molecule has 2 N–H and O–H groups in total. The van der Waals surface area contributed by atoms with E-state index < -0.39 is 0 Å². The number of benzene rings is 1. The molecule has 1 aromatic heterocycles. The van der Waals surface area contributed by atoms with E-state index in [0.29, 0.717) is 5.92 Å². The Hall–Kier alpha value is -2.31. The molecule has 2 aromatic rings. The summed E-state index contributed by atoms with van der Waals surface area (Å²) in [5.74, 6) is 2.92. The zero-order valence-corrected chi connectivity index (χ0v) is 18.2. The van der Waals surface area contributed by atoms with Gasteiger partial charge >= 0.3 is 0 Å². The van der Waals surface area contributed by atoms with Crippen molar-refractivity contribution < 1.29 is 14.6 Å². The highest BCUT2D eigenvalue weighted by atomic mass is 16.7. The SMILES string of the molecule is OC[C@H]1CCCN(c2nc3cc4c(cc3cc2CNCCC2=CCCCC2)OCO4)C1. The second-order valence-electron chi connectivity index (χ2n) is 9.04. The first-order valence-corrected chi connectivity index (χ1v) is 11.8. The lowest BCUT2D eigenvalue weighted by Gasteiger charge is -2.34. The van der Waals surface area contributed by atoms with Gasteiger partial charge in [0.25, 0.3) is 0 Å². The van der Waals surface area contributed by atoms with Gasteiger partial charge in [-0.15, -0.1) is 0 Å². The fraction of sp³-hybridized carbons (Fsp3) is 0.560. The molecule has 1 aromatic carbocycles. The monoisotopic (exact) mass is 423 g/mol. The van der Waals surface area contributed by atoms with Crippen LogP contribution in [0.4, 0.5) is 5.82 Å². The van der Waals surface area contributed by atoms with Crippen LogP contribution in [0.5, 0.6) is 11.5 Å². The maximum absolute atomic E-state index is 9.70. The number of nitrogens with zero attached hydrogens (tertiary/aromatic N) is 2. The van der Waals surface area contributed by atoms with E-state index >= 15 is 0 Å². The zero-order chi connectivity index (χ0) is 21.0. The number of anilines is 1. The number of pyridine rings is 1. The van der Waals surface area contributed by atoms with Gasteiger partial charge in [-0.2, -0.15) is 0 Å². The van der Waals surface area contributed by atoms with E-state index in [1.165, 1.54) is 31.2 Å². The highest BCUT2D eigenvalue weighted by Crippen LogP contribution is 2.37. The van der Waals surface area contributed by atoms with Crippen LogP contribution in [0.2, 0.25) is 0 Å². The summed E-state index contributed by atoms with van der Waals surface area (Å²) in [4.78, 5) is 7.43. The summed E-state index contributed by atoms with van der Waals surface area (Å²) >= 11 is 0. The molecule has 1 saturated heterocycles. The first-order valence-electron chi connectivity index (χ1n) is 11.8. The summed E-state index contributed by atoms with van der Waals surface area (Å²) in [6.07, 6.45) is 10.9. The zero-order valence-electron chi connectivity index (χ0n) is 18.2. The molecule has 2 aliphatic heterocycles. The molecule has 166 valence electrons. The predicted octanol–water partition coefficient (Wildman–Crippen LogP) is 4.15. The van der Waals surface area contributed by atoms with E-state index in [0.717, 1.165) is 73.7 Å². The van der Waals surface area contributed by atoms with Gasteiger partial charge in [-0.25, -0.2) is 4.98 Å². The fourth-order valence-electron chi connectivity index (χ4n) is 5.01. The molecule has 6 nitrogen and oxygen atoms in total. The van der Waals surface area contributed by atoms with Crippen LogP contribution >= 0.6 is 0 Å². The van der Waals surface area contributed by atoms with Crippen molar-refractivity contribution in [1.82, 2.24) is 10.3 Å². The van der Waals surface area contributed by atoms with Gasteiger partial charge < -0.3 is 24.8 Å². The second-order valence-corrected chi connectivity index (χ2v) is 9.04. The Kier molecular flexibility index (Phi) is 6.27. The molecule has 6 heteroatoms. The first kappa shape index (κ1) is 20.6. The summed E-state index contributed by atoms with van der Waals surface area (Å²) in [7, 11) is 0. The third kappa shape index (κ3) is 4.65. The molecule has 0 unspecified atom stereocenters. The van der Waals surface area contributed by atoms with E-state index in [2.05, 4.69) is 22.4 Å². The Labute approximate surface area is 184 Å². The van der Waals surface area contributed by atoms with Gasteiger partial charge in [0, 0.05) is 43.3 Å². The Bertz CT molecular complexity index is 959. The minimum Gasteiger partial charge on any atom is -0.454 e. The number of ether oxygens (including phenoxy) is 2. The molecule has 5 rings (SSSR count). The van der Waals surface area contributed by atoms with Gasteiger partial charge in [-0.05, 0) is 69.5 Å². The van der Waals surface area contributed by atoms with Crippen LogP contribution in [0.25, 0.3) is 10.9 Å². The average Bonchev–Trinajstić information content (AvgIpc) is 3.28. The Morgan fingerprint density at radius 2 is 2.03 bits per heavy atom. The molecule has 1 aliphatic carbocycles. The van der Waals surface area contributed by atoms with Crippen molar-refractivity contribution in [3.8, 4) is 11.5 Å². The third-order valence-corrected chi connectivity index (χ3v) is 6.77. The van der Waals surface area contributed by atoms with Gasteiger partial charge in [0.1, 0.15) is 5.82 Å². The summed E-state index contributed by atoms with van der Waals surface area (Å²) in [5, 5.41) is 14.4. The number of piperidine rings is 1. The smallest absolute Gasteiger partial charge is 0.231 e. The van der Waals surface area contributed by atoms with E-state index in [9.17, 15) is 5.11 Å². The molecule has 0 bridgehead atoms. The summed E-state index contributed by atoms with van der Waals surface area (Å²) < 4.78 is 11.1. The molecule has 0 saturated carbocycles. The number of hydrogen-bond donors (Lipinski definition) is 2. The molecule has 3 aliphatic rings. The van der Waals surface area contributed by atoms with Gasteiger partial charge in [0.15, 0.2) is 11.5 Å². The van der Waals surface area contributed by atoms with Crippen LogP contribution in [-0.2, 0) is 6.54 Å². The van der Waals surface area contributed by atoms with Gasteiger partial charge in [0.05, 0.1) is 5.52 Å². The number of aliphatic hydroxyl groups is 1. The van der Waals surface area contributed by atoms with Gasteiger partial charge in [-0.1, -0.05) is 11.6 Å². The highest BCUT2D eigenvalue weighted by molar-refractivity contribution is 5.85. The number of nitrogens with one attached hydrogen (secondary N) is 1. The van der Waals surface area contributed by atoms with Crippen LogP contribution in [0.1, 0.15) is 50.5 Å². The minimum absolute atomic E-state index is 0.242. The number of hydrogen-bond acceptors (Lipinski definition) is 6. The Balaban J connectivity index is 1.38.